The van der Waals surface area contributed by atoms with E-state index in [9.17, 15) is 4.79 Å². The number of hydrogen-bond donors (Lipinski definition) is 2. The molecule has 2 aliphatic heterocycles. The fourth-order valence-corrected chi connectivity index (χ4v) is 3.88. The molecular formula is C20H31N3O2. The van der Waals surface area contributed by atoms with Crippen molar-refractivity contribution in [2.24, 2.45) is 0 Å². The number of carbonyl (C=O) groups excluding carboxylic acids is 1. The Balaban J connectivity index is 1.52. The van der Waals surface area contributed by atoms with Crippen LogP contribution in [0.1, 0.15) is 52.4 Å². The van der Waals surface area contributed by atoms with Gasteiger partial charge >= 0.3 is 6.03 Å². The van der Waals surface area contributed by atoms with Gasteiger partial charge in [-0.2, -0.15) is 0 Å². The van der Waals surface area contributed by atoms with Gasteiger partial charge in [0.05, 0.1) is 12.2 Å². The van der Waals surface area contributed by atoms with Crippen LogP contribution in [0.3, 0.4) is 0 Å². The number of urea groups is 1. The maximum absolute atomic E-state index is 12.4. The summed E-state index contributed by atoms with van der Waals surface area (Å²) in [5, 5.41) is 6.61. The van der Waals surface area contributed by atoms with E-state index in [0.717, 1.165) is 50.1 Å². The van der Waals surface area contributed by atoms with Crippen molar-refractivity contribution in [1.29, 1.82) is 0 Å². The van der Waals surface area contributed by atoms with Crippen LogP contribution in [-0.2, 0) is 4.74 Å². The van der Waals surface area contributed by atoms with Gasteiger partial charge in [0.2, 0.25) is 0 Å². The van der Waals surface area contributed by atoms with E-state index in [4.69, 9.17) is 4.74 Å². The summed E-state index contributed by atoms with van der Waals surface area (Å²) in [6.45, 7) is 5.99. The number of carbonyl (C=O) groups is 1. The number of nitrogens with one attached hydrogen (secondary N) is 2. The summed E-state index contributed by atoms with van der Waals surface area (Å²) in [6, 6.07) is 8.51. The van der Waals surface area contributed by atoms with Crippen LogP contribution in [0.25, 0.3) is 0 Å². The molecule has 0 aliphatic carbocycles. The molecule has 2 aliphatic rings. The summed E-state index contributed by atoms with van der Waals surface area (Å²) < 4.78 is 5.79. The number of hydrogen-bond acceptors (Lipinski definition) is 3. The van der Waals surface area contributed by atoms with Crippen LogP contribution in [-0.4, -0.2) is 42.3 Å². The van der Waals surface area contributed by atoms with Crippen LogP contribution >= 0.6 is 0 Å². The second-order valence-corrected chi connectivity index (χ2v) is 7.48. The standard InChI is InChI=1S/C20H31N3O2/c1-15-13-19(14-16(2)25-15)21-17-7-9-18(10-8-17)22-20(24)23-11-5-3-4-6-12-23/h7-10,15-16,19,21H,3-6,11-14H2,1-2H3,(H,22,24). The maximum Gasteiger partial charge on any atom is 0.321 e. The second-order valence-electron chi connectivity index (χ2n) is 7.48. The molecular weight excluding hydrogens is 314 g/mol. The Morgan fingerprint density at radius 2 is 1.52 bits per heavy atom. The molecule has 3 rings (SSSR count). The van der Waals surface area contributed by atoms with Crippen molar-refractivity contribution < 1.29 is 9.53 Å². The molecule has 2 heterocycles. The smallest absolute Gasteiger partial charge is 0.321 e. The third-order valence-electron chi connectivity index (χ3n) is 5.10. The molecule has 1 aromatic carbocycles. The molecule has 5 heteroatoms. The molecule has 2 fully saturated rings. The van der Waals surface area contributed by atoms with E-state index in [1.54, 1.807) is 0 Å². The molecule has 2 atom stereocenters. The predicted molar refractivity (Wildman–Crippen MR) is 102 cm³/mol. The Morgan fingerprint density at radius 3 is 2.12 bits per heavy atom. The quantitative estimate of drug-likeness (QED) is 0.850. The molecule has 2 unspecified atom stereocenters. The van der Waals surface area contributed by atoms with Crippen LogP contribution in [0.5, 0.6) is 0 Å². The first-order chi connectivity index (χ1) is 12.1. The minimum Gasteiger partial charge on any atom is -0.382 e. The largest absolute Gasteiger partial charge is 0.382 e. The van der Waals surface area contributed by atoms with Crippen molar-refractivity contribution in [2.75, 3.05) is 23.7 Å². The van der Waals surface area contributed by atoms with E-state index >= 15 is 0 Å². The summed E-state index contributed by atoms with van der Waals surface area (Å²) in [5.74, 6) is 0. The number of likely N-dealkylation sites (tertiary alicyclic amines) is 1. The summed E-state index contributed by atoms with van der Waals surface area (Å²) in [5.41, 5.74) is 1.95. The van der Waals surface area contributed by atoms with Gasteiger partial charge in [-0.25, -0.2) is 4.79 Å². The Hall–Kier alpha value is -1.75. The van der Waals surface area contributed by atoms with E-state index in [2.05, 4.69) is 24.5 Å². The van der Waals surface area contributed by atoms with Gasteiger partial charge in [0.1, 0.15) is 0 Å². The molecule has 1 aromatic rings. The number of nitrogens with zero attached hydrogens (tertiary/aromatic N) is 1. The predicted octanol–water partition coefficient (Wildman–Crippen LogP) is 4.46. The summed E-state index contributed by atoms with van der Waals surface area (Å²) in [4.78, 5) is 14.3. The zero-order valence-electron chi connectivity index (χ0n) is 15.5. The zero-order chi connectivity index (χ0) is 17.6. The topological polar surface area (TPSA) is 53.6 Å². The monoisotopic (exact) mass is 345 g/mol. The van der Waals surface area contributed by atoms with Crippen molar-refractivity contribution in [3.8, 4) is 0 Å². The number of rotatable bonds is 3. The Morgan fingerprint density at radius 1 is 0.960 bits per heavy atom. The SMILES string of the molecule is CC1CC(Nc2ccc(NC(=O)N3CCCCCC3)cc2)CC(C)O1. The highest BCUT2D eigenvalue weighted by molar-refractivity contribution is 5.89. The van der Waals surface area contributed by atoms with Crippen LogP contribution in [0.2, 0.25) is 0 Å². The van der Waals surface area contributed by atoms with E-state index in [0.29, 0.717) is 18.2 Å². The number of benzene rings is 1. The first kappa shape index (κ1) is 18.1. The van der Waals surface area contributed by atoms with Crippen LogP contribution in [0, 0.1) is 0 Å². The van der Waals surface area contributed by atoms with Gasteiger partial charge < -0.3 is 20.3 Å². The van der Waals surface area contributed by atoms with Crippen molar-refractivity contribution in [3.63, 3.8) is 0 Å². The number of amides is 2. The lowest BCUT2D eigenvalue weighted by molar-refractivity contribution is -0.0337. The number of ether oxygens (including phenoxy) is 1. The lowest BCUT2D eigenvalue weighted by Gasteiger charge is -2.33. The molecule has 0 spiro atoms. The third kappa shape index (κ3) is 5.36. The molecule has 138 valence electrons. The van der Waals surface area contributed by atoms with Gasteiger partial charge in [-0.1, -0.05) is 12.8 Å². The molecule has 2 saturated heterocycles. The molecule has 0 radical (unpaired) electrons. The summed E-state index contributed by atoms with van der Waals surface area (Å²) in [7, 11) is 0. The average Bonchev–Trinajstić information content (AvgIpc) is 2.85. The van der Waals surface area contributed by atoms with Gasteiger partial charge in [-0.3, -0.25) is 0 Å². The van der Waals surface area contributed by atoms with Crippen molar-refractivity contribution >= 4 is 17.4 Å². The van der Waals surface area contributed by atoms with Gasteiger partial charge in [-0.05, 0) is 63.8 Å². The molecule has 5 nitrogen and oxygen atoms in total. The van der Waals surface area contributed by atoms with Crippen molar-refractivity contribution in [2.45, 2.75) is 70.6 Å². The molecule has 0 bridgehead atoms. The van der Waals surface area contributed by atoms with E-state index in [1.807, 2.05) is 29.2 Å². The molecule has 0 aromatic heterocycles. The lowest BCUT2D eigenvalue weighted by atomic mass is 9.99. The Kier molecular flexibility index (Phi) is 6.19. The normalized spacial score (nSPS) is 27.4. The van der Waals surface area contributed by atoms with Gasteiger partial charge in [0.25, 0.3) is 0 Å². The lowest BCUT2D eigenvalue weighted by Crippen LogP contribution is -2.36. The fraction of sp³-hybridized carbons (Fsp3) is 0.650. The average molecular weight is 345 g/mol. The number of anilines is 2. The Labute approximate surface area is 151 Å². The summed E-state index contributed by atoms with van der Waals surface area (Å²) >= 11 is 0. The van der Waals surface area contributed by atoms with Crippen LogP contribution in [0.15, 0.2) is 24.3 Å². The third-order valence-corrected chi connectivity index (χ3v) is 5.10. The first-order valence-corrected chi connectivity index (χ1v) is 9.68. The van der Waals surface area contributed by atoms with Gasteiger partial charge in [0, 0.05) is 30.5 Å². The highest BCUT2D eigenvalue weighted by Gasteiger charge is 2.24. The zero-order valence-corrected chi connectivity index (χ0v) is 15.5. The maximum atomic E-state index is 12.4. The second kappa shape index (κ2) is 8.56. The summed E-state index contributed by atoms with van der Waals surface area (Å²) in [6.07, 6.45) is 7.33. The first-order valence-electron chi connectivity index (χ1n) is 9.68. The fourth-order valence-electron chi connectivity index (χ4n) is 3.88. The van der Waals surface area contributed by atoms with Gasteiger partial charge in [-0.15, -0.1) is 0 Å². The van der Waals surface area contributed by atoms with Crippen LogP contribution < -0.4 is 10.6 Å². The highest BCUT2D eigenvalue weighted by atomic mass is 16.5. The molecule has 2 N–H and O–H groups in total. The molecule has 0 saturated carbocycles. The minimum absolute atomic E-state index is 0.0229. The Bertz CT molecular complexity index is 543. The van der Waals surface area contributed by atoms with Crippen molar-refractivity contribution in [1.82, 2.24) is 4.90 Å². The van der Waals surface area contributed by atoms with E-state index < -0.39 is 0 Å². The van der Waals surface area contributed by atoms with E-state index in [-0.39, 0.29) is 6.03 Å². The van der Waals surface area contributed by atoms with Crippen LogP contribution in [0.4, 0.5) is 16.2 Å². The van der Waals surface area contributed by atoms with Gasteiger partial charge in [0.15, 0.2) is 0 Å². The highest BCUT2D eigenvalue weighted by Crippen LogP contribution is 2.23. The van der Waals surface area contributed by atoms with Crippen molar-refractivity contribution in [3.05, 3.63) is 24.3 Å². The minimum atomic E-state index is 0.0229. The van der Waals surface area contributed by atoms with E-state index in [1.165, 1.54) is 12.8 Å². The molecule has 25 heavy (non-hydrogen) atoms. The molecule has 2 amide bonds.